The first-order valence-corrected chi connectivity index (χ1v) is 10.2. The number of fused-ring (bicyclic) bond motifs is 4. The molecule has 0 unspecified atom stereocenters. The van der Waals surface area contributed by atoms with Gasteiger partial charge < -0.3 is 10.4 Å². The zero-order chi connectivity index (χ0) is 19.6. The van der Waals surface area contributed by atoms with Gasteiger partial charge >= 0.3 is 0 Å². The summed E-state index contributed by atoms with van der Waals surface area (Å²) in [5.41, 5.74) is 0.0326. The number of hydrogen-bond acceptors (Lipinski definition) is 5. The Morgan fingerprint density at radius 2 is 1.82 bits per heavy atom. The predicted molar refractivity (Wildman–Crippen MR) is 101 cm³/mol. The lowest BCUT2D eigenvalue weighted by Crippen LogP contribution is -2.56. The molecule has 148 valence electrons. The Bertz CT molecular complexity index is 863. The van der Waals surface area contributed by atoms with Gasteiger partial charge in [0.15, 0.2) is 0 Å². The Balaban J connectivity index is 1.63. The molecule has 7 heteroatoms. The Labute approximate surface area is 163 Å². The Morgan fingerprint density at radius 1 is 1.11 bits per heavy atom. The van der Waals surface area contributed by atoms with Crippen molar-refractivity contribution in [2.24, 2.45) is 11.8 Å². The molecule has 4 aliphatic rings. The SMILES string of the molecule is C[C@@H](O)[C@H]1N[C@]2(C(=O)Nc3ccccc32)[C@H]2C(=O)N(C3CCCCC3)C(=O)[C@H]12. The molecule has 3 aliphatic heterocycles. The van der Waals surface area contributed by atoms with Crippen molar-refractivity contribution < 1.29 is 19.5 Å². The van der Waals surface area contributed by atoms with E-state index in [1.807, 2.05) is 18.2 Å². The number of amides is 3. The highest BCUT2D eigenvalue weighted by atomic mass is 16.3. The molecule has 28 heavy (non-hydrogen) atoms. The molecule has 3 N–H and O–H groups in total. The van der Waals surface area contributed by atoms with Crippen LogP contribution in [-0.2, 0) is 19.9 Å². The largest absolute Gasteiger partial charge is 0.392 e. The lowest BCUT2D eigenvalue weighted by molar-refractivity contribution is -0.146. The fourth-order valence-electron chi connectivity index (χ4n) is 5.82. The number of para-hydroxylation sites is 1. The summed E-state index contributed by atoms with van der Waals surface area (Å²) < 4.78 is 0. The zero-order valence-corrected chi connectivity index (χ0v) is 15.9. The Hall–Kier alpha value is -2.25. The summed E-state index contributed by atoms with van der Waals surface area (Å²) in [5, 5.41) is 16.5. The number of carbonyl (C=O) groups excluding carboxylic acids is 3. The van der Waals surface area contributed by atoms with Crippen LogP contribution in [0.1, 0.15) is 44.6 Å². The number of benzene rings is 1. The normalized spacial score (nSPS) is 36.0. The molecule has 2 saturated heterocycles. The molecule has 5 rings (SSSR count). The summed E-state index contributed by atoms with van der Waals surface area (Å²) in [4.78, 5) is 41.6. The third kappa shape index (κ3) is 2.14. The first kappa shape index (κ1) is 17.8. The number of likely N-dealkylation sites (tertiary alicyclic amines) is 1. The van der Waals surface area contributed by atoms with E-state index in [1.165, 1.54) is 4.90 Å². The molecule has 3 heterocycles. The highest BCUT2D eigenvalue weighted by Gasteiger charge is 2.71. The molecule has 3 amide bonds. The summed E-state index contributed by atoms with van der Waals surface area (Å²) in [6, 6.07) is 6.54. The minimum absolute atomic E-state index is 0.0919. The summed E-state index contributed by atoms with van der Waals surface area (Å²) in [6.07, 6.45) is 3.90. The van der Waals surface area contributed by atoms with E-state index < -0.39 is 29.5 Å². The summed E-state index contributed by atoms with van der Waals surface area (Å²) in [6.45, 7) is 1.60. The minimum atomic E-state index is -1.31. The van der Waals surface area contributed by atoms with E-state index in [-0.39, 0.29) is 23.8 Å². The molecule has 7 nitrogen and oxygen atoms in total. The number of nitrogens with one attached hydrogen (secondary N) is 2. The van der Waals surface area contributed by atoms with Gasteiger partial charge in [-0.3, -0.25) is 24.6 Å². The van der Waals surface area contributed by atoms with Crippen molar-refractivity contribution in [3.8, 4) is 0 Å². The standard InChI is InChI=1S/C21H25N3O4/c1-11(25)17-15-16(19(27)24(18(15)26)12-7-3-2-4-8-12)21(23-17)13-9-5-6-10-14(13)22-20(21)28/h5-6,9-12,15-17,23,25H,2-4,7-8H2,1H3,(H,22,28)/t11-,15+,16-,17-,21+/m1/s1. The lowest BCUT2D eigenvalue weighted by Gasteiger charge is -2.34. The van der Waals surface area contributed by atoms with E-state index in [2.05, 4.69) is 10.6 Å². The van der Waals surface area contributed by atoms with Gasteiger partial charge in [-0.1, -0.05) is 37.5 Å². The van der Waals surface area contributed by atoms with Crippen molar-refractivity contribution >= 4 is 23.4 Å². The number of rotatable bonds is 2. The number of nitrogens with zero attached hydrogens (tertiary/aromatic N) is 1. The molecule has 1 spiro atoms. The van der Waals surface area contributed by atoms with Gasteiger partial charge in [-0.05, 0) is 25.8 Å². The topological polar surface area (TPSA) is 98.7 Å². The molecule has 1 saturated carbocycles. The van der Waals surface area contributed by atoms with E-state index in [4.69, 9.17) is 0 Å². The van der Waals surface area contributed by atoms with Crippen LogP contribution in [0.3, 0.4) is 0 Å². The van der Waals surface area contributed by atoms with Crippen molar-refractivity contribution in [1.82, 2.24) is 10.2 Å². The molecule has 0 aromatic heterocycles. The van der Waals surface area contributed by atoms with Crippen LogP contribution < -0.4 is 10.6 Å². The van der Waals surface area contributed by atoms with Crippen LogP contribution in [0.25, 0.3) is 0 Å². The van der Waals surface area contributed by atoms with Crippen molar-refractivity contribution in [3.05, 3.63) is 29.8 Å². The van der Waals surface area contributed by atoms with Crippen molar-refractivity contribution in [1.29, 1.82) is 0 Å². The third-order valence-electron chi connectivity index (χ3n) is 7.05. The van der Waals surface area contributed by atoms with Crippen molar-refractivity contribution in [2.45, 2.75) is 62.8 Å². The number of aliphatic hydroxyl groups excluding tert-OH is 1. The molecule has 1 aliphatic carbocycles. The second-order valence-electron chi connectivity index (χ2n) is 8.56. The molecular formula is C21H25N3O4. The Kier molecular flexibility index (Phi) is 3.90. The second kappa shape index (κ2) is 6.12. The van der Waals surface area contributed by atoms with Crippen LogP contribution in [0.15, 0.2) is 24.3 Å². The molecule has 1 aromatic rings. The third-order valence-corrected chi connectivity index (χ3v) is 7.05. The van der Waals surface area contributed by atoms with Gasteiger partial charge in [0.25, 0.3) is 0 Å². The lowest BCUT2D eigenvalue weighted by atomic mass is 9.76. The van der Waals surface area contributed by atoms with E-state index >= 15 is 0 Å². The Morgan fingerprint density at radius 3 is 2.54 bits per heavy atom. The maximum atomic E-state index is 13.6. The monoisotopic (exact) mass is 383 g/mol. The van der Waals surface area contributed by atoms with Crippen LogP contribution in [0.2, 0.25) is 0 Å². The van der Waals surface area contributed by atoms with Crippen LogP contribution in [-0.4, -0.2) is 45.9 Å². The fraction of sp³-hybridized carbons (Fsp3) is 0.571. The summed E-state index contributed by atoms with van der Waals surface area (Å²) in [5.74, 6) is -2.39. The molecule has 0 bridgehead atoms. The van der Waals surface area contributed by atoms with Crippen molar-refractivity contribution in [2.75, 3.05) is 5.32 Å². The maximum Gasteiger partial charge on any atom is 0.250 e. The van der Waals surface area contributed by atoms with Gasteiger partial charge in [0.1, 0.15) is 5.54 Å². The summed E-state index contributed by atoms with van der Waals surface area (Å²) >= 11 is 0. The van der Waals surface area contributed by atoms with Gasteiger partial charge in [-0.15, -0.1) is 0 Å². The van der Waals surface area contributed by atoms with E-state index in [1.54, 1.807) is 13.0 Å². The van der Waals surface area contributed by atoms with Crippen molar-refractivity contribution in [3.63, 3.8) is 0 Å². The molecule has 1 aromatic carbocycles. The number of aliphatic hydroxyl groups is 1. The zero-order valence-electron chi connectivity index (χ0n) is 15.9. The van der Waals surface area contributed by atoms with Gasteiger partial charge in [0.05, 0.1) is 17.9 Å². The predicted octanol–water partition coefficient (Wildman–Crippen LogP) is 1.12. The van der Waals surface area contributed by atoms with Gasteiger partial charge in [0, 0.05) is 23.3 Å². The highest BCUT2D eigenvalue weighted by Crippen LogP contribution is 2.54. The van der Waals surface area contributed by atoms with E-state index in [0.29, 0.717) is 11.3 Å². The fourth-order valence-corrected chi connectivity index (χ4v) is 5.82. The first-order valence-electron chi connectivity index (χ1n) is 10.2. The first-order chi connectivity index (χ1) is 13.5. The average Bonchev–Trinajstić information content (AvgIpc) is 3.28. The number of hydrogen-bond donors (Lipinski definition) is 3. The average molecular weight is 383 g/mol. The van der Waals surface area contributed by atoms with Gasteiger partial charge in [-0.25, -0.2) is 0 Å². The molecule has 0 radical (unpaired) electrons. The number of carbonyl (C=O) groups is 3. The maximum absolute atomic E-state index is 13.6. The molecule has 3 fully saturated rings. The number of anilines is 1. The van der Waals surface area contributed by atoms with Crippen LogP contribution in [0.4, 0.5) is 5.69 Å². The molecular weight excluding hydrogens is 358 g/mol. The quantitative estimate of drug-likeness (QED) is 0.665. The highest BCUT2D eigenvalue weighted by molar-refractivity contribution is 6.15. The smallest absolute Gasteiger partial charge is 0.250 e. The van der Waals surface area contributed by atoms with Crippen LogP contribution in [0, 0.1) is 11.8 Å². The van der Waals surface area contributed by atoms with E-state index in [0.717, 1.165) is 32.1 Å². The summed E-state index contributed by atoms with van der Waals surface area (Å²) in [7, 11) is 0. The van der Waals surface area contributed by atoms with Crippen LogP contribution >= 0.6 is 0 Å². The van der Waals surface area contributed by atoms with Gasteiger partial charge in [-0.2, -0.15) is 0 Å². The van der Waals surface area contributed by atoms with Crippen LogP contribution in [0.5, 0.6) is 0 Å². The molecule has 5 atom stereocenters. The second-order valence-corrected chi connectivity index (χ2v) is 8.56. The van der Waals surface area contributed by atoms with Gasteiger partial charge in [0.2, 0.25) is 17.7 Å². The number of imide groups is 1. The minimum Gasteiger partial charge on any atom is -0.392 e. The van der Waals surface area contributed by atoms with E-state index in [9.17, 15) is 19.5 Å².